The maximum absolute atomic E-state index is 13.1. The molecule has 0 saturated heterocycles. The first-order chi connectivity index (χ1) is 45.2. The predicted molar refractivity (Wildman–Crippen MR) is 381 cm³/mol. The quantitative estimate of drug-likeness (QED) is 0.0222. The van der Waals surface area contributed by atoms with Crippen LogP contribution in [0.4, 0.5) is 0 Å². The number of esters is 4. The van der Waals surface area contributed by atoms with Gasteiger partial charge in [0.15, 0.2) is 12.2 Å². The van der Waals surface area contributed by atoms with Gasteiger partial charge in [0, 0.05) is 25.7 Å². The number of ether oxygens (including phenoxy) is 4. The van der Waals surface area contributed by atoms with Crippen LogP contribution < -0.4 is 0 Å². The highest BCUT2D eigenvalue weighted by molar-refractivity contribution is 7.47. The molecule has 4 unspecified atom stereocenters. The van der Waals surface area contributed by atoms with Crippen molar-refractivity contribution in [1.82, 2.24) is 0 Å². The van der Waals surface area contributed by atoms with Gasteiger partial charge in [0.1, 0.15) is 19.3 Å². The van der Waals surface area contributed by atoms with Crippen LogP contribution in [0, 0.1) is 23.7 Å². The molecular formula is C75H146O17P2. The number of hydrogen-bond acceptors (Lipinski definition) is 15. The third kappa shape index (κ3) is 66.0. The van der Waals surface area contributed by atoms with Crippen LogP contribution in [-0.2, 0) is 65.4 Å². The van der Waals surface area contributed by atoms with Gasteiger partial charge < -0.3 is 33.8 Å². The van der Waals surface area contributed by atoms with Crippen molar-refractivity contribution in [1.29, 1.82) is 0 Å². The van der Waals surface area contributed by atoms with Crippen LogP contribution in [0.15, 0.2) is 0 Å². The van der Waals surface area contributed by atoms with Crippen molar-refractivity contribution in [3.05, 3.63) is 0 Å². The van der Waals surface area contributed by atoms with Crippen molar-refractivity contribution in [2.75, 3.05) is 39.6 Å². The van der Waals surface area contributed by atoms with Crippen LogP contribution in [0.25, 0.3) is 0 Å². The molecule has 17 nitrogen and oxygen atoms in total. The molecule has 94 heavy (non-hydrogen) atoms. The van der Waals surface area contributed by atoms with E-state index in [1.54, 1.807) is 0 Å². The maximum atomic E-state index is 13.1. The van der Waals surface area contributed by atoms with E-state index in [0.29, 0.717) is 25.7 Å². The molecule has 0 amide bonds. The number of aliphatic hydroxyl groups is 1. The van der Waals surface area contributed by atoms with Crippen molar-refractivity contribution >= 4 is 39.5 Å². The maximum Gasteiger partial charge on any atom is 0.472 e. The fourth-order valence-electron chi connectivity index (χ4n) is 11.3. The number of phosphoric ester groups is 2. The lowest BCUT2D eigenvalue weighted by molar-refractivity contribution is -0.161. The van der Waals surface area contributed by atoms with Crippen LogP contribution in [0.1, 0.15) is 376 Å². The monoisotopic (exact) mass is 1380 g/mol. The Morgan fingerprint density at radius 2 is 0.511 bits per heavy atom. The first-order valence-electron chi connectivity index (χ1n) is 38.8. The lowest BCUT2D eigenvalue weighted by Gasteiger charge is -2.21. The Kier molecular flexibility index (Phi) is 63.1. The molecule has 3 N–H and O–H groups in total. The number of phosphoric acid groups is 2. The van der Waals surface area contributed by atoms with Crippen LogP contribution in [0.5, 0.6) is 0 Å². The molecule has 0 aromatic rings. The third-order valence-electron chi connectivity index (χ3n) is 18.0. The summed E-state index contributed by atoms with van der Waals surface area (Å²) >= 11 is 0. The second kappa shape index (κ2) is 64.4. The minimum atomic E-state index is -4.96. The average Bonchev–Trinajstić information content (AvgIpc) is 2.18. The smallest absolute Gasteiger partial charge is 0.462 e. The van der Waals surface area contributed by atoms with E-state index in [1.165, 1.54) is 173 Å². The van der Waals surface area contributed by atoms with E-state index in [9.17, 15) is 43.2 Å². The van der Waals surface area contributed by atoms with Gasteiger partial charge in [0.25, 0.3) is 0 Å². The normalized spacial score (nSPS) is 14.7. The summed E-state index contributed by atoms with van der Waals surface area (Å²) in [6.07, 6.45) is 48.5. The van der Waals surface area contributed by atoms with Crippen LogP contribution in [-0.4, -0.2) is 96.7 Å². The van der Waals surface area contributed by atoms with E-state index in [0.717, 1.165) is 120 Å². The molecule has 7 atom stereocenters. The van der Waals surface area contributed by atoms with E-state index in [2.05, 4.69) is 55.4 Å². The van der Waals surface area contributed by atoms with Gasteiger partial charge in [-0.05, 0) is 49.4 Å². The molecule has 0 heterocycles. The second-order valence-electron chi connectivity index (χ2n) is 28.5. The van der Waals surface area contributed by atoms with Gasteiger partial charge in [-0.15, -0.1) is 0 Å². The lowest BCUT2D eigenvalue weighted by atomic mass is 9.99. The van der Waals surface area contributed by atoms with E-state index in [1.807, 2.05) is 0 Å². The minimum Gasteiger partial charge on any atom is -0.462 e. The summed E-state index contributed by atoms with van der Waals surface area (Å²) < 4.78 is 68.5. The molecule has 0 saturated carbocycles. The molecule has 0 fully saturated rings. The van der Waals surface area contributed by atoms with Gasteiger partial charge in [-0.25, -0.2) is 9.13 Å². The molecule has 0 aliphatic rings. The van der Waals surface area contributed by atoms with Gasteiger partial charge in [-0.1, -0.05) is 325 Å². The molecule has 0 aliphatic carbocycles. The molecule has 0 spiro atoms. The SMILES string of the molecule is CCC(C)CCCCCCCCCCC(=O)OC[C@H](COP(=O)(O)OC[C@@H](O)COP(=O)(O)OC[C@@H](COC(=O)CCCCCCCCC(C)CC)OC(=O)CCCCCCCCCCCCCCCCC(C)C)OC(=O)CCCCCCCCCCCCCCC(C)C. The zero-order chi connectivity index (χ0) is 69.6. The Bertz CT molecular complexity index is 1850. The Labute approximate surface area is 575 Å². The summed E-state index contributed by atoms with van der Waals surface area (Å²) in [5, 5.41) is 10.6. The summed E-state index contributed by atoms with van der Waals surface area (Å²) in [7, 11) is -9.91. The van der Waals surface area contributed by atoms with Crippen LogP contribution >= 0.6 is 15.6 Å². The summed E-state index contributed by atoms with van der Waals surface area (Å²) in [5.74, 6) is 0.957. The van der Waals surface area contributed by atoms with Crippen molar-refractivity contribution in [2.24, 2.45) is 23.7 Å². The number of hydrogen-bond donors (Lipinski definition) is 3. The predicted octanol–water partition coefficient (Wildman–Crippen LogP) is 21.7. The Morgan fingerprint density at radius 1 is 0.298 bits per heavy atom. The molecule has 0 radical (unpaired) electrons. The highest BCUT2D eigenvalue weighted by atomic mass is 31.2. The van der Waals surface area contributed by atoms with Crippen molar-refractivity contribution < 1.29 is 80.2 Å². The zero-order valence-electron chi connectivity index (χ0n) is 61.6. The van der Waals surface area contributed by atoms with E-state index in [-0.39, 0.29) is 25.7 Å². The Morgan fingerprint density at radius 3 is 0.755 bits per heavy atom. The number of aliphatic hydroxyl groups excluding tert-OH is 1. The minimum absolute atomic E-state index is 0.106. The molecule has 0 rings (SSSR count). The summed E-state index contributed by atoms with van der Waals surface area (Å²) in [6, 6.07) is 0. The fourth-order valence-corrected chi connectivity index (χ4v) is 12.9. The summed E-state index contributed by atoms with van der Waals surface area (Å²) in [6.45, 7) is 14.2. The summed E-state index contributed by atoms with van der Waals surface area (Å²) in [4.78, 5) is 72.8. The largest absolute Gasteiger partial charge is 0.472 e. The van der Waals surface area contributed by atoms with Crippen molar-refractivity contribution in [3.8, 4) is 0 Å². The standard InChI is InChI=1S/C75H146O17P2/c1-9-67(7)53-45-37-29-25-26-30-39-47-55-72(77)85-61-70(91-74(79)58-50-42-32-24-20-16-15-18-22-28-36-44-52-66(5)6)63-89-93(81,82)87-59-69(76)60-88-94(83,84)90-64-71(62-86-73(78)56-48-40-34-33-38-46-54-68(8)10-2)92-75(80)57-49-41-31-23-19-14-12-11-13-17-21-27-35-43-51-65(3)4/h65-71,76H,9-64H2,1-8H3,(H,81,82)(H,83,84)/t67?,68?,69-,70-,71-/m1/s1. The molecule has 0 bridgehead atoms. The Hall–Kier alpha value is -1.94. The zero-order valence-corrected chi connectivity index (χ0v) is 63.4. The topological polar surface area (TPSA) is 237 Å². The fraction of sp³-hybridized carbons (Fsp3) is 0.947. The molecule has 0 aliphatic heterocycles. The van der Waals surface area contributed by atoms with Crippen LogP contribution in [0.2, 0.25) is 0 Å². The average molecular weight is 1380 g/mol. The van der Waals surface area contributed by atoms with Gasteiger partial charge in [-0.2, -0.15) is 0 Å². The van der Waals surface area contributed by atoms with Gasteiger partial charge in [0.2, 0.25) is 0 Å². The number of carbonyl (C=O) groups excluding carboxylic acids is 4. The molecule has 558 valence electrons. The summed E-state index contributed by atoms with van der Waals surface area (Å²) in [5.41, 5.74) is 0. The van der Waals surface area contributed by atoms with Gasteiger partial charge in [-0.3, -0.25) is 37.3 Å². The number of carbonyl (C=O) groups is 4. The highest BCUT2D eigenvalue weighted by Gasteiger charge is 2.30. The number of unbranched alkanes of at least 4 members (excludes halogenated alkanes) is 36. The van der Waals surface area contributed by atoms with Crippen molar-refractivity contribution in [2.45, 2.75) is 395 Å². The van der Waals surface area contributed by atoms with Crippen molar-refractivity contribution in [3.63, 3.8) is 0 Å². The molecule has 0 aromatic heterocycles. The Balaban J connectivity index is 5.25. The first kappa shape index (κ1) is 92.1. The third-order valence-corrected chi connectivity index (χ3v) is 19.9. The molecule has 0 aromatic carbocycles. The number of rotatable bonds is 72. The van der Waals surface area contributed by atoms with E-state index in [4.69, 9.17) is 37.0 Å². The lowest BCUT2D eigenvalue weighted by Crippen LogP contribution is -2.30. The molecular weight excluding hydrogens is 1230 g/mol. The van der Waals surface area contributed by atoms with Gasteiger partial charge >= 0.3 is 39.5 Å². The van der Waals surface area contributed by atoms with Crippen LogP contribution in [0.3, 0.4) is 0 Å². The second-order valence-corrected chi connectivity index (χ2v) is 31.4. The van der Waals surface area contributed by atoms with E-state index < -0.39 is 97.5 Å². The molecule has 19 heteroatoms. The first-order valence-corrected chi connectivity index (χ1v) is 41.8. The highest BCUT2D eigenvalue weighted by Crippen LogP contribution is 2.45. The van der Waals surface area contributed by atoms with Gasteiger partial charge in [0.05, 0.1) is 26.4 Å². The van der Waals surface area contributed by atoms with E-state index >= 15 is 0 Å².